The number of benzene rings is 2. The van der Waals surface area contributed by atoms with Crippen molar-refractivity contribution in [3.05, 3.63) is 65.2 Å². The molecule has 0 saturated carbocycles. The predicted octanol–water partition coefficient (Wildman–Crippen LogP) is 2.87. The smallest absolute Gasteiger partial charge is 0.262 e. The lowest BCUT2D eigenvalue weighted by Crippen LogP contribution is -2.45. The van der Waals surface area contributed by atoms with Gasteiger partial charge in [-0.3, -0.25) is 19.3 Å². The molecule has 3 amide bonds. The van der Waals surface area contributed by atoms with Gasteiger partial charge in [0.15, 0.2) is 0 Å². The Morgan fingerprint density at radius 3 is 2.04 bits per heavy atom. The summed E-state index contributed by atoms with van der Waals surface area (Å²) in [6.07, 6.45) is 0.916. The third kappa shape index (κ3) is 2.69. The second-order valence-electron chi connectivity index (χ2n) is 5.74. The summed E-state index contributed by atoms with van der Waals surface area (Å²) in [5.74, 6) is -1.26. The number of fused-ring (bicyclic) bond motifs is 1. The highest BCUT2D eigenvalue weighted by Crippen LogP contribution is 2.25. The minimum absolute atomic E-state index is 0.342. The molecule has 2 aromatic carbocycles. The van der Waals surface area contributed by atoms with Crippen molar-refractivity contribution in [1.29, 1.82) is 0 Å². The van der Waals surface area contributed by atoms with Crippen molar-refractivity contribution in [2.45, 2.75) is 26.3 Å². The third-order valence-corrected chi connectivity index (χ3v) is 4.22. The third-order valence-electron chi connectivity index (χ3n) is 4.22. The first-order chi connectivity index (χ1) is 11.5. The zero-order valence-electron chi connectivity index (χ0n) is 13.6. The maximum Gasteiger partial charge on any atom is 0.262 e. The number of rotatable bonds is 4. The van der Waals surface area contributed by atoms with E-state index in [2.05, 4.69) is 12.2 Å². The van der Waals surface area contributed by atoms with E-state index in [1.807, 2.05) is 24.3 Å². The summed E-state index contributed by atoms with van der Waals surface area (Å²) in [5.41, 5.74) is 2.49. The van der Waals surface area contributed by atoms with Crippen LogP contribution in [0.25, 0.3) is 0 Å². The van der Waals surface area contributed by atoms with E-state index >= 15 is 0 Å². The fraction of sp³-hybridized carbons (Fsp3) is 0.211. The normalized spacial score (nSPS) is 14.5. The van der Waals surface area contributed by atoms with Crippen LogP contribution < -0.4 is 5.32 Å². The van der Waals surface area contributed by atoms with Gasteiger partial charge in [0.1, 0.15) is 6.04 Å². The van der Waals surface area contributed by atoms with Crippen molar-refractivity contribution in [3.63, 3.8) is 0 Å². The lowest BCUT2D eigenvalue weighted by atomic mass is 10.1. The molecule has 122 valence electrons. The van der Waals surface area contributed by atoms with Crippen molar-refractivity contribution in [2.75, 3.05) is 5.32 Å². The molecule has 3 rings (SSSR count). The van der Waals surface area contributed by atoms with Crippen molar-refractivity contribution in [3.8, 4) is 0 Å². The second-order valence-corrected chi connectivity index (χ2v) is 5.74. The Hall–Kier alpha value is -2.95. The standard InChI is InChI=1S/C19H18N2O3/c1-3-13-8-10-14(11-9-13)20-17(22)12(2)21-18(23)15-6-4-5-7-16(15)19(21)24/h4-12H,3H2,1-2H3,(H,20,22)/t12-/m0/s1. The maximum absolute atomic E-state index is 12.4. The molecule has 0 aromatic heterocycles. The van der Waals surface area contributed by atoms with Crippen LogP contribution in [0.2, 0.25) is 0 Å². The molecule has 5 heteroatoms. The highest BCUT2D eigenvalue weighted by molar-refractivity contribution is 6.23. The fourth-order valence-electron chi connectivity index (χ4n) is 2.75. The average molecular weight is 322 g/mol. The molecule has 0 spiro atoms. The quantitative estimate of drug-likeness (QED) is 0.880. The number of nitrogens with zero attached hydrogens (tertiary/aromatic N) is 1. The zero-order valence-corrected chi connectivity index (χ0v) is 13.6. The molecular formula is C19H18N2O3. The van der Waals surface area contributed by atoms with Crippen LogP contribution in [-0.4, -0.2) is 28.7 Å². The predicted molar refractivity (Wildman–Crippen MR) is 90.9 cm³/mol. The number of hydrogen-bond acceptors (Lipinski definition) is 3. The molecule has 0 fully saturated rings. The summed E-state index contributed by atoms with van der Waals surface area (Å²) >= 11 is 0. The highest BCUT2D eigenvalue weighted by Gasteiger charge is 2.40. The number of amides is 3. The van der Waals surface area contributed by atoms with Crippen LogP contribution in [0.3, 0.4) is 0 Å². The zero-order chi connectivity index (χ0) is 17.3. The Morgan fingerprint density at radius 1 is 1.00 bits per heavy atom. The fourth-order valence-corrected chi connectivity index (χ4v) is 2.75. The van der Waals surface area contributed by atoms with E-state index in [1.165, 1.54) is 5.56 Å². The molecule has 0 unspecified atom stereocenters. The number of anilines is 1. The van der Waals surface area contributed by atoms with E-state index in [0.29, 0.717) is 16.8 Å². The van der Waals surface area contributed by atoms with E-state index in [4.69, 9.17) is 0 Å². The maximum atomic E-state index is 12.4. The van der Waals surface area contributed by atoms with E-state index < -0.39 is 23.8 Å². The van der Waals surface area contributed by atoms with E-state index in [1.54, 1.807) is 31.2 Å². The Labute approximate surface area is 140 Å². The molecule has 24 heavy (non-hydrogen) atoms. The first kappa shape index (κ1) is 15.9. The lowest BCUT2D eigenvalue weighted by molar-refractivity contribution is -0.119. The number of hydrogen-bond donors (Lipinski definition) is 1. The largest absolute Gasteiger partial charge is 0.324 e. The highest BCUT2D eigenvalue weighted by atomic mass is 16.2. The van der Waals surface area contributed by atoms with Crippen LogP contribution in [0.1, 0.15) is 40.1 Å². The minimum Gasteiger partial charge on any atom is -0.324 e. The number of nitrogens with one attached hydrogen (secondary N) is 1. The summed E-state index contributed by atoms with van der Waals surface area (Å²) in [6, 6.07) is 13.2. The van der Waals surface area contributed by atoms with Gasteiger partial charge in [-0.1, -0.05) is 31.2 Å². The average Bonchev–Trinajstić information content (AvgIpc) is 2.86. The van der Waals surface area contributed by atoms with E-state index in [-0.39, 0.29) is 0 Å². The van der Waals surface area contributed by atoms with Gasteiger partial charge in [-0.2, -0.15) is 0 Å². The van der Waals surface area contributed by atoms with Gasteiger partial charge < -0.3 is 5.32 Å². The van der Waals surface area contributed by atoms with Crippen LogP contribution in [0, 0.1) is 0 Å². The molecule has 0 radical (unpaired) electrons. The van der Waals surface area contributed by atoms with Crippen LogP contribution in [0.15, 0.2) is 48.5 Å². The summed E-state index contributed by atoms with van der Waals surface area (Å²) < 4.78 is 0. The van der Waals surface area contributed by atoms with Gasteiger partial charge in [0, 0.05) is 5.69 Å². The number of carbonyl (C=O) groups is 3. The van der Waals surface area contributed by atoms with Gasteiger partial charge in [0.25, 0.3) is 11.8 Å². The Morgan fingerprint density at radius 2 is 1.54 bits per heavy atom. The van der Waals surface area contributed by atoms with Gasteiger partial charge in [-0.05, 0) is 43.2 Å². The van der Waals surface area contributed by atoms with Gasteiger partial charge in [-0.25, -0.2) is 0 Å². The summed E-state index contributed by atoms with van der Waals surface area (Å²) in [7, 11) is 0. The molecule has 1 aliphatic rings. The van der Waals surface area contributed by atoms with Crippen LogP contribution in [0.4, 0.5) is 5.69 Å². The lowest BCUT2D eigenvalue weighted by Gasteiger charge is -2.21. The van der Waals surface area contributed by atoms with Crippen molar-refractivity contribution >= 4 is 23.4 Å². The Bertz CT molecular complexity index is 777. The molecule has 0 saturated heterocycles. The first-order valence-electron chi connectivity index (χ1n) is 7.89. The Kier molecular flexibility index (Phi) is 4.16. The van der Waals surface area contributed by atoms with Crippen molar-refractivity contribution in [2.24, 2.45) is 0 Å². The molecule has 5 nitrogen and oxygen atoms in total. The first-order valence-corrected chi connectivity index (χ1v) is 7.89. The second kappa shape index (κ2) is 6.28. The van der Waals surface area contributed by atoms with Crippen LogP contribution >= 0.6 is 0 Å². The molecule has 0 bridgehead atoms. The van der Waals surface area contributed by atoms with Crippen molar-refractivity contribution in [1.82, 2.24) is 4.90 Å². The summed E-state index contributed by atoms with van der Waals surface area (Å²) in [4.78, 5) is 38.3. The van der Waals surface area contributed by atoms with Crippen LogP contribution in [-0.2, 0) is 11.2 Å². The minimum atomic E-state index is -0.886. The van der Waals surface area contributed by atoms with E-state index in [0.717, 1.165) is 11.3 Å². The van der Waals surface area contributed by atoms with Crippen molar-refractivity contribution < 1.29 is 14.4 Å². The number of carbonyl (C=O) groups excluding carboxylic acids is 3. The van der Waals surface area contributed by atoms with E-state index in [9.17, 15) is 14.4 Å². The Balaban J connectivity index is 1.76. The SMILES string of the molecule is CCc1ccc(NC(=O)[C@H](C)N2C(=O)c3ccccc3C2=O)cc1. The molecule has 0 aliphatic carbocycles. The molecule has 1 atom stereocenters. The summed E-state index contributed by atoms with van der Waals surface area (Å²) in [5, 5.41) is 2.75. The van der Waals surface area contributed by atoms with Gasteiger partial charge in [0.2, 0.25) is 5.91 Å². The molecule has 1 heterocycles. The molecule has 1 N–H and O–H groups in total. The number of imide groups is 1. The summed E-state index contributed by atoms with van der Waals surface area (Å²) in [6.45, 7) is 3.61. The molecule has 2 aromatic rings. The number of aryl methyl sites for hydroxylation is 1. The topological polar surface area (TPSA) is 66.5 Å². The monoisotopic (exact) mass is 322 g/mol. The van der Waals surface area contributed by atoms with Crippen LogP contribution in [0.5, 0.6) is 0 Å². The van der Waals surface area contributed by atoms with Gasteiger partial charge in [0.05, 0.1) is 11.1 Å². The molecule has 1 aliphatic heterocycles. The molecular weight excluding hydrogens is 304 g/mol. The van der Waals surface area contributed by atoms with Gasteiger partial charge in [-0.15, -0.1) is 0 Å². The van der Waals surface area contributed by atoms with Gasteiger partial charge >= 0.3 is 0 Å².